The van der Waals surface area contributed by atoms with Crippen LogP contribution in [-0.2, 0) is 11.3 Å². The molecule has 0 aliphatic heterocycles. The van der Waals surface area contributed by atoms with Crippen LogP contribution in [0, 0.1) is 11.6 Å². The summed E-state index contributed by atoms with van der Waals surface area (Å²) < 4.78 is 30.8. The Hall–Kier alpha value is -2.58. The van der Waals surface area contributed by atoms with Crippen molar-refractivity contribution >= 4 is 6.09 Å². The second-order valence-electron chi connectivity index (χ2n) is 3.59. The number of hydrogen-bond acceptors (Lipinski definition) is 5. The van der Waals surface area contributed by atoms with Gasteiger partial charge in [-0.3, -0.25) is 0 Å². The molecule has 0 aliphatic carbocycles. The third-order valence-corrected chi connectivity index (χ3v) is 2.29. The average Bonchev–Trinajstić information content (AvgIpc) is 2.84. The van der Waals surface area contributed by atoms with Gasteiger partial charge in [0.1, 0.15) is 6.54 Å². The van der Waals surface area contributed by atoms with Gasteiger partial charge in [-0.2, -0.15) is 4.80 Å². The number of carbonyl (C=O) groups excluding carboxylic acids is 1. The number of rotatable bonds is 4. The van der Waals surface area contributed by atoms with Gasteiger partial charge < -0.3 is 10.5 Å². The number of carbonyl (C=O) groups is 1. The Morgan fingerprint density at radius 3 is 2.79 bits per heavy atom. The lowest BCUT2D eigenvalue weighted by molar-refractivity contribution is 0.0897. The van der Waals surface area contributed by atoms with Crippen molar-refractivity contribution in [3.63, 3.8) is 0 Å². The first-order chi connectivity index (χ1) is 9.06. The number of primary amides is 1. The van der Waals surface area contributed by atoms with Crippen molar-refractivity contribution in [1.82, 2.24) is 20.2 Å². The standard InChI is InChI=1S/C10H9F2N5O2/c11-7-2-1-6(3-8(7)12)9(19-10(13)18)4-17-15-5-14-16-17/h1-3,5,9H,4H2,(H2,13,18). The second-order valence-corrected chi connectivity index (χ2v) is 3.59. The van der Waals surface area contributed by atoms with Crippen LogP contribution in [0.1, 0.15) is 11.7 Å². The van der Waals surface area contributed by atoms with E-state index in [1.54, 1.807) is 0 Å². The van der Waals surface area contributed by atoms with Crippen molar-refractivity contribution in [2.45, 2.75) is 12.6 Å². The predicted octanol–water partition coefficient (Wildman–Crippen LogP) is 0.788. The van der Waals surface area contributed by atoms with E-state index in [1.807, 2.05) is 0 Å². The largest absolute Gasteiger partial charge is 0.439 e. The normalized spacial score (nSPS) is 12.1. The van der Waals surface area contributed by atoms with Crippen LogP contribution in [0.2, 0.25) is 0 Å². The summed E-state index contributed by atoms with van der Waals surface area (Å²) in [6, 6.07) is 3.12. The van der Waals surface area contributed by atoms with Crippen molar-refractivity contribution in [2.24, 2.45) is 5.73 Å². The maximum atomic E-state index is 13.2. The summed E-state index contributed by atoms with van der Waals surface area (Å²) in [6.07, 6.45) is -0.802. The van der Waals surface area contributed by atoms with Crippen molar-refractivity contribution < 1.29 is 18.3 Å². The van der Waals surface area contributed by atoms with Gasteiger partial charge >= 0.3 is 6.09 Å². The highest BCUT2D eigenvalue weighted by Crippen LogP contribution is 2.21. The fraction of sp³-hybridized carbons (Fsp3) is 0.200. The fourth-order valence-electron chi connectivity index (χ4n) is 1.48. The first kappa shape index (κ1) is 12.9. The summed E-state index contributed by atoms with van der Waals surface area (Å²) >= 11 is 0. The molecule has 19 heavy (non-hydrogen) atoms. The molecule has 1 atom stereocenters. The van der Waals surface area contributed by atoms with E-state index in [2.05, 4.69) is 15.4 Å². The van der Waals surface area contributed by atoms with Crippen molar-refractivity contribution in [1.29, 1.82) is 0 Å². The SMILES string of the molecule is NC(=O)OC(Cn1ncnn1)c1ccc(F)c(F)c1. The first-order valence-corrected chi connectivity index (χ1v) is 5.18. The van der Waals surface area contributed by atoms with Crippen LogP contribution in [0.4, 0.5) is 13.6 Å². The van der Waals surface area contributed by atoms with Gasteiger partial charge in [0.2, 0.25) is 0 Å². The number of nitrogens with two attached hydrogens (primary N) is 1. The summed E-state index contributed by atoms with van der Waals surface area (Å²) in [5.41, 5.74) is 5.16. The lowest BCUT2D eigenvalue weighted by atomic mass is 10.1. The second kappa shape index (κ2) is 5.38. The molecule has 9 heteroatoms. The van der Waals surface area contributed by atoms with Gasteiger partial charge in [-0.1, -0.05) is 6.07 Å². The zero-order chi connectivity index (χ0) is 13.8. The number of halogens is 2. The molecule has 7 nitrogen and oxygen atoms in total. The number of amides is 1. The number of ether oxygens (including phenoxy) is 1. The van der Waals surface area contributed by atoms with E-state index in [4.69, 9.17) is 10.5 Å². The Balaban J connectivity index is 2.25. The topological polar surface area (TPSA) is 95.9 Å². The molecular weight excluding hydrogens is 260 g/mol. The lowest BCUT2D eigenvalue weighted by Crippen LogP contribution is -2.22. The summed E-state index contributed by atoms with van der Waals surface area (Å²) in [5.74, 6) is -2.05. The molecule has 100 valence electrons. The Kier molecular flexibility index (Phi) is 3.64. The molecule has 1 heterocycles. The van der Waals surface area contributed by atoms with E-state index >= 15 is 0 Å². The predicted molar refractivity (Wildman–Crippen MR) is 57.6 cm³/mol. The summed E-state index contributed by atoms with van der Waals surface area (Å²) in [7, 11) is 0. The minimum absolute atomic E-state index is 0.0198. The van der Waals surface area contributed by atoms with Gasteiger partial charge in [0.05, 0.1) is 0 Å². The van der Waals surface area contributed by atoms with Gasteiger partial charge in [0.15, 0.2) is 24.1 Å². The third-order valence-electron chi connectivity index (χ3n) is 2.29. The molecule has 0 saturated heterocycles. The van der Waals surface area contributed by atoms with Crippen LogP contribution in [-0.4, -0.2) is 26.3 Å². The number of hydrogen-bond donors (Lipinski definition) is 1. The van der Waals surface area contributed by atoms with E-state index in [-0.39, 0.29) is 12.1 Å². The van der Waals surface area contributed by atoms with E-state index in [0.717, 1.165) is 16.9 Å². The van der Waals surface area contributed by atoms with Gasteiger partial charge in [0, 0.05) is 0 Å². The van der Waals surface area contributed by atoms with Gasteiger partial charge in [-0.25, -0.2) is 13.6 Å². The smallest absolute Gasteiger partial charge is 0.405 e. The molecule has 1 amide bonds. The minimum Gasteiger partial charge on any atom is -0.439 e. The Morgan fingerprint density at radius 2 is 2.21 bits per heavy atom. The van der Waals surface area contributed by atoms with Crippen LogP contribution in [0.15, 0.2) is 24.5 Å². The number of nitrogens with zero attached hydrogens (tertiary/aromatic N) is 4. The highest BCUT2D eigenvalue weighted by molar-refractivity contribution is 5.65. The quantitative estimate of drug-likeness (QED) is 0.885. The maximum Gasteiger partial charge on any atom is 0.405 e. The van der Waals surface area contributed by atoms with Crippen LogP contribution in [0.5, 0.6) is 0 Å². The van der Waals surface area contributed by atoms with Crippen LogP contribution < -0.4 is 5.73 Å². The molecule has 0 bridgehead atoms. The van der Waals surface area contributed by atoms with Gasteiger partial charge in [-0.15, -0.1) is 10.2 Å². The fourth-order valence-corrected chi connectivity index (χ4v) is 1.48. The third kappa shape index (κ3) is 3.21. The first-order valence-electron chi connectivity index (χ1n) is 5.18. The average molecular weight is 269 g/mol. The highest BCUT2D eigenvalue weighted by Gasteiger charge is 2.19. The van der Waals surface area contributed by atoms with Gasteiger partial charge in [0.25, 0.3) is 0 Å². The molecule has 2 rings (SSSR count). The molecule has 0 saturated carbocycles. The van der Waals surface area contributed by atoms with Crippen LogP contribution in [0.3, 0.4) is 0 Å². The zero-order valence-corrected chi connectivity index (χ0v) is 9.53. The maximum absolute atomic E-state index is 13.2. The molecule has 1 unspecified atom stereocenters. The molecule has 1 aromatic heterocycles. The molecule has 1 aromatic carbocycles. The van der Waals surface area contributed by atoms with E-state index in [1.165, 1.54) is 12.4 Å². The summed E-state index contributed by atoms with van der Waals surface area (Å²) in [5, 5.41) is 10.8. The van der Waals surface area contributed by atoms with Crippen molar-refractivity contribution in [2.75, 3.05) is 0 Å². The number of tetrazole rings is 1. The summed E-state index contributed by atoms with van der Waals surface area (Å²) in [4.78, 5) is 12.0. The van der Waals surface area contributed by atoms with E-state index < -0.39 is 23.8 Å². The molecule has 0 aliphatic rings. The number of aromatic nitrogens is 4. The molecule has 2 aromatic rings. The monoisotopic (exact) mass is 269 g/mol. The molecule has 0 spiro atoms. The summed E-state index contributed by atoms with van der Waals surface area (Å²) in [6.45, 7) is -0.0198. The Bertz CT molecular complexity index is 575. The number of benzene rings is 1. The Morgan fingerprint density at radius 1 is 1.42 bits per heavy atom. The van der Waals surface area contributed by atoms with Crippen molar-refractivity contribution in [3.8, 4) is 0 Å². The minimum atomic E-state index is -1.05. The van der Waals surface area contributed by atoms with Crippen LogP contribution in [0.25, 0.3) is 0 Å². The van der Waals surface area contributed by atoms with Crippen LogP contribution >= 0.6 is 0 Å². The Labute approximate surface area is 106 Å². The van der Waals surface area contributed by atoms with Crippen molar-refractivity contribution in [3.05, 3.63) is 41.7 Å². The van der Waals surface area contributed by atoms with Gasteiger partial charge in [-0.05, 0) is 22.9 Å². The van der Waals surface area contributed by atoms with E-state index in [9.17, 15) is 13.6 Å². The highest BCUT2D eigenvalue weighted by atomic mass is 19.2. The molecule has 0 radical (unpaired) electrons. The zero-order valence-electron chi connectivity index (χ0n) is 9.53. The molecular formula is C10H9F2N5O2. The molecule has 0 fully saturated rings. The molecule has 2 N–H and O–H groups in total. The lowest BCUT2D eigenvalue weighted by Gasteiger charge is -2.16. The van der Waals surface area contributed by atoms with E-state index in [0.29, 0.717) is 0 Å².